The summed E-state index contributed by atoms with van der Waals surface area (Å²) in [7, 11) is 0. The van der Waals surface area contributed by atoms with Crippen LogP contribution in [0.15, 0.2) is 5.51 Å². The number of nitrogens with zero attached hydrogens (tertiary/aromatic N) is 2. The second kappa shape index (κ2) is 4.91. The summed E-state index contributed by atoms with van der Waals surface area (Å²) >= 11 is 1.35. The first-order chi connectivity index (χ1) is 10.5. The Hall–Kier alpha value is -1.17. The minimum atomic E-state index is -0.113. The van der Waals surface area contributed by atoms with Crippen LogP contribution in [0.4, 0.5) is 9.93 Å². The Labute approximate surface area is 135 Å². The van der Waals surface area contributed by atoms with E-state index >= 15 is 0 Å². The molecule has 0 spiro atoms. The zero-order valence-corrected chi connectivity index (χ0v) is 14.1. The van der Waals surface area contributed by atoms with Gasteiger partial charge in [-0.15, -0.1) is 10.2 Å². The first kappa shape index (κ1) is 14.4. The van der Waals surface area contributed by atoms with Crippen molar-refractivity contribution in [1.82, 2.24) is 15.5 Å². The highest BCUT2D eigenvalue weighted by molar-refractivity contribution is 7.13. The standard InChI is InChI=1S/C16H24N4OS/c1-10(2)15-4-11-3-12(5-15)7-16(6-11,8-15)19-13(21)18-14-20-17-9-22-14/h9-12H,3-8H2,1-2H3,(H2,18,19,20,21)/t11-,12+,15?,16?. The largest absolute Gasteiger partial charge is 0.332 e. The lowest BCUT2D eigenvalue weighted by molar-refractivity contribution is -0.0994. The summed E-state index contributed by atoms with van der Waals surface area (Å²) in [6.45, 7) is 4.73. The second-order valence-corrected chi connectivity index (χ2v) is 8.91. The van der Waals surface area contributed by atoms with E-state index in [0.29, 0.717) is 16.5 Å². The predicted molar refractivity (Wildman–Crippen MR) is 86.7 cm³/mol. The lowest BCUT2D eigenvalue weighted by atomic mass is 9.44. The van der Waals surface area contributed by atoms with Crippen LogP contribution in [0.1, 0.15) is 52.4 Å². The number of aromatic nitrogens is 2. The molecule has 5 nitrogen and oxygen atoms in total. The normalized spacial score (nSPS) is 39.2. The molecule has 1 aromatic heterocycles. The number of hydrogen-bond acceptors (Lipinski definition) is 4. The number of carbonyl (C=O) groups is 1. The van der Waals surface area contributed by atoms with Gasteiger partial charge < -0.3 is 5.32 Å². The molecule has 0 radical (unpaired) electrons. The Morgan fingerprint density at radius 2 is 2.05 bits per heavy atom. The van der Waals surface area contributed by atoms with Crippen molar-refractivity contribution < 1.29 is 4.79 Å². The van der Waals surface area contributed by atoms with Gasteiger partial charge in [-0.3, -0.25) is 5.32 Å². The van der Waals surface area contributed by atoms with E-state index in [1.807, 2.05) is 0 Å². The number of nitrogens with one attached hydrogen (secondary N) is 2. The first-order valence-corrected chi connectivity index (χ1v) is 9.22. The third-order valence-corrected chi connectivity index (χ3v) is 6.90. The van der Waals surface area contributed by atoms with Crippen molar-refractivity contribution in [2.45, 2.75) is 57.9 Å². The molecule has 2 amide bonds. The number of urea groups is 1. The molecule has 4 atom stereocenters. The van der Waals surface area contributed by atoms with Crippen LogP contribution in [0, 0.1) is 23.2 Å². The van der Waals surface area contributed by atoms with Crippen molar-refractivity contribution >= 4 is 22.5 Å². The van der Waals surface area contributed by atoms with E-state index in [2.05, 4.69) is 34.7 Å². The molecule has 5 rings (SSSR count). The van der Waals surface area contributed by atoms with Crippen molar-refractivity contribution in [2.24, 2.45) is 23.2 Å². The molecule has 1 aromatic rings. The molecule has 4 fully saturated rings. The fourth-order valence-corrected chi connectivity index (χ4v) is 6.19. The van der Waals surface area contributed by atoms with Crippen LogP contribution in [-0.4, -0.2) is 21.8 Å². The highest BCUT2D eigenvalue weighted by Crippen LogP contribution is 2.64. The molecular weight excluding hydrogens is 296 g/mol. The van der Waals surface area contributed by atoms with Gasteiger partial charge in [-0.05, 0) is 61.7 Å². The summed E-state index contributed by atoms with van der Waals surface area (Å²) < 4.78 is 0. The van der Waals surface area contributed by atoms with E-state index < -0.39 is 0 Å². The van der Waals surface area contributed by atoms with Gasteiger partial charge in [-0.25, -0.2) is 4.79 Å². The van der Waals surface area contributed by atoms with Crippen LogP contribution in [0.5, 0.6) is 0 Å². The third-order valence-electron chi connectivity index (χ3n) is 6.29. The van der Waals surface area contributed by atoms with Gasteiger partial charge >= 0.3 is 6.03 Å². The number of amides is 2. The van der Waals surface area contributed by atoms with E-state index in [-0.39, 0.29) is 11.6 Å². The van der Waals surface area contributed by atoms with Crippen molar-refractivity contribution in [3.8, 4) is 0 Å². The van der Waals surface area contributed by atoms with E-state index in [4.69, 9.17) is 0 Å². The average Bonchev–Trinajstić information content (AvgIpc) is 2.88. The number of carbonyl (C=O) groups excluding carboxylic acids is 1. The second-order valence-electron chi connectivity index (χ2n) is 8.08. The Morgan fingerprint density at radius 3 is 2.64 bits per heavy atom. The minimum absolute atomic E-state index is 0.00310. The molecule has 2 unspecified atom stereocenters. The predicted octanol–water partition coefficient (Wildman–Crippen LogP) is 3.65. The first-order valence-electron chi connectivity index (χ1n) is 8.34. The third kappa shape index (κ3) is 2.32. The molecule has 4 saturated carbocycles. The maximum atomic E-state index is 12.4. The molecule has 1 heterocycles. The molecule has 4 aliphatic carbocycles. The lowest BCUT2D eigenvalue weighted by Gasteiger charge is -2.63. The Kier molecular flexibility index (Phi) is 3.22. The van der Waals surface area contributed by atoms with Crippen LogP contribution in [0.3, 0.4) is 0 Å². The topological polar surface area (TPSA) is 66.9 Å². The summed E-state index contributed by atoms with van der Waals surface area (Å²) in [5.74, 6) is 2.29. The molecule has 6 heteroatoms. The van der Waals surface area contributed by atoms with Gasteiger partial charge in [0.1, 0.15) is 5.51 Å². The van der Waals surface area contributed by atoms with Crippen molar-refractivity contribution in [2.75, 3.05) is 5.32 Å². The highest BCUT2D eigenvalue weighted by Gasteiger charge is 2.58. The molecule has 0 saturated heterocycles. The highest BCUT2D eigenvalue weighted by atomic mass is 32.1. The molecule has 22 heavy (non-hydrogen) atoms. The van der Waals surface area contributed by atoms with E-state index in [9.17, 15) is 4.79 Å². The molecule has 2 N–H and O–H groups in total. The fraction of sp³-hybridized carbons (Fsp3) is 0.812. The Bertz CT molecular complexity index is 557. The minimum Gasteiger partial charge on any atom is -0.332 e. The van der Waals surface area contributed by atoms with Crippen molar-refractivity contribution in [1.29, 1.82) is 0 Å². The monoisotopic (exact) mass is 320 g/mol. The Balaban J connectivity index is 1.52. The van der Waals surface area contributed by atoms with E-state index in [0.717, 1.165) is 31.1 Å². The molecule has 0 aromatic carbocycles. The van der Waals surface area contributed by atoms with Crippen molar-refractivity contribution in [3.63, 3.8) is 0 Å². The summed E-state index contributed by atoms with van der Waals surface area (Å²) in [6.07, 6.45) is 7.55. The SMILES string of the molecule is CC(C)C12C[C@@H]3C[C@@H](CC(NC(=O)Nc4nncs4)(C3)C1)C2. The zero-order chi connectivity index (χ0) is 15.4. The van der Waals surface area contributed by atoms with Gasteiger partial charge in [0.15, 0.2) is 0 Å². The zero-order valence-electron chi connectivity index (χ0n) is 13.3. The van der Waals surface area contributed by atoms with Gasteiger partial charge in [-0.2, -0.15) is 0 Å². The van der Waals surface area contributed by atoms with Gasteiger partial charge in [0.2, 0.25) is 5.13 Å². The van der Waals surface area contributed by atoms with Gasteiger partial charge in [-0.1, -0.05) is 25.2 Å². The maximum absolute atomic E-state index is 12.4. The summed E-state index contributed by atoms with van der Waals surface area (Å²) in [6, 6.07) is -0.113. The van der Waals surface area contributed by atoms with Gasteiger partial charge in [0.05, 0.1) is 0 Å². The molecule has 0 aliphatic heterocycles. The van der Waals surface area contributed by atoms with E-state index in [1.165, 1.54) is 30.6 Å². The van der Waals surface area contributed by atoms with Crippen LogP contribution < -0.4 is 10.6 Å². The number of rotatable bonds is 3. The quantitative estimate of drug-likeness (QED) is 0.893. The molecule has 4 aliphatic rings. The number of hydrogen-bond donors (Lipinski definition) is 2. The summed E-state index contributed by atoms with van der Waals surface area (Å²) in [5.41, 5.74) is 2.08. The van der Waals surface area contributed by atoms with Gasteiger partial charge in [0, 0.05) is 5.54 Å². The van der Waals surface area contributed by atoms with Gasteiger partial charge in [0.25, 0.3) is 0 Å². The summed E-state index contributed by atoms with van der Waals surface area (Å²) in [4.78, 5) is 12.4. The van der Waals surface area contributed by atoms with E-state index in [1.54, 1.807) is 5.51 Å². The van der Waals surface area contributed by atoms with Crippen LogP contribution >= 0.6 is 11.3 Å². The molecule has 4 bridgehead atoms. The average molecular weight is 320 g/mol. The lowest BCUT2D eigenvalue weighted by Crippen LogP contribution is -2.64. The van der Waals surface area contributed by atoms with Crippen LogP contribution in [0.2, 0.25) is 0 Å². The fourth-order valence-electron chi connectivity index (χ4n) is 5.75. The molecular formula is C16H24N4OS. The van der Waals surface area contributed by atoms with Crippen LogP contribution in [-0.2, 0) is 0 Å². The molecule has 120 valence electrons. The van der Waals surface area contributed by atoms with Crippen molar-refractivity contribution in [3.05, 3.63) is 5.51 Å². The van der Waals surface area contributed by atoms with Crippen LogP contribution in [0.25, 0.3) is 0 Å². The number of anilines is 1. The maximum Gasteiger partial charge on any atom is 0.321 e. The Morgan fingerprint density at radius 1 is 1.32 bits per heavy atom. The smallest absolute Gasteiger partial charge is 0.321 e. The summed E-state index contributed by atoms with van der Waals surface area (Å²) in [5, 5.41) is 14.4.